The molecule has 0 atom stereocenters. The van der Waals surface area contributed by atoms with Gasteiger partial charge in [-0.05, 0) is 55.5 Å². The number of amides is 2. The molecule has 0 saturated carbocycles. The van der Waals surface area contributed by atoms with E-state index in [1.54, 1.807) is 36.0 Å². The van der Waals surface area contributed by atoms with Crippen molar-refractivity contribution in [3.05, 3.63) is 65.5 Å². The van der Waals surface area contributed by atoms with E-state index in [2.05, 4.69) is 10.6 Å². The summed E-state index contributed by atoms with van der Waals surface area (Å²) in [4.78, 5) is 24.7. The summed E-state index contributed by atoms with van der Waals surface area (Å²) >= 11 is 1.61. The first-order valence-corrected chi connectivity index (χ1v) is 9.03. The van der Waals surface area contributed by atoms with E-state index in [0.717, 1.165) is 22.6 Å². The van der Waals surface area contributed by atoms with E-state index in [-0.39, 0.29) is 24.2 Å². The van der Waals surface area contributed by atoms with Gasteiger partial charge in [0.1, 0.15) is 5.82 Å². The van der Waals surface area contributed by atoms with Gasteiger partial charge >= 0.3 is 0 Å². The van der Waals surface area contributed by atoms with Gasteiger partial charge in [0, 0.05) is 17.0 Å². The molecule has 0 fully saturated rings. The third-order valence-corrected chi connectivity index (χ3v) is 4.51. The zero-order valence-corrected chi connectivity index (χ0v) is 14.9. The molecule has 0 aliphatic rings. The first-order valence-electron chi connectivity index (χ1n) is 8.04. The van der Waals surface area contributed by atoms with Crippen molar-refractivity contribution in [3.63, 3.8) is 0 Å². The minimum atomic E-state index is -0.259. The highest BCUT2D eigenvalue weighted by Crippen LogP contribution is 2.18. The van der Waals surface area contributed by atoms with Crippen LogP contribution in [0.4, 0.5) is 4.39 Å². The lowest BCUT2D eigenvalue weighted by atomic mass is 10.1. The van der Waals surface area contributed by atoms with Gasteiger partial charge in [0.15, 0.2) is 0 Å². The molecule has 0 unspecified atom stereocenters. The van der Waals surface area contributed by atoms with Crippen LogP contribution in [-0.4, -0.2) is 30.7 Å². The topological polar surface area (TPSA) is 58.2 Å². The standard InChI is InChI=1S/C19H21FN2O2S/c1-14-4-2-5-15(12-14)19(24)22-13-18(23)21-10-3-11-25-17-8-6-16(20)7-9-17/h2,4-9,12H,3,10-11,13H2,1H3,(H,21,23)(H,22,24). The van der Waals surface area contributed by atoms with Crippen molar-refractivity contribution in [1.29, 1.82) is 0 Å². The maximum Gasteiger partial charge on any atom is 0.251 e. The molecule has 0 saturated heterocycles. The van der Waals surface area contributed by atoms with Crippen LogP contribution in [0.5, 0.6) is 0 Å². The van der Waals surface area contributed by atoms with Gasteiger partial charge in [-0.2, -0.15) is 0 Å². The second-order valence-corrected chi connectivity index (χ2v) is 6.73. The smallest absolute Gasteiger partial charge is 0.251 e. The van der Waals surface area contributed by atoms with E-state index in [9.17, 15) is 14.0 Å². The molecule has 0 aromatic heterocycles. The molecule has 2 aromatic carbocycles. The Balaban J connectivity index is 1.59. The molecule has 0 spiro atoms. The van der Waals surface area contributed by atoms with Crippen molar-refractivity contribution in [1.82, 2.24) is 10.6 Å². The fourth-order valence-corrected chi connectivity index (χ4v) is 2.99. The highest BCUT2D eigenvalue weighted by Gasteiger charge is 2.07. The molecule has 25 heavy (non-hydrogen) atoms. The summed E-state index contributed by atoms with van der Waals surface area (Å²) < 4.78 is 12.8. The van der Waals surface area contributed by atoms with Crippen LogP contribution in [0.25, 0.3) is 0 Å². The van der Waals surface area contributed by atoms with Crippen molar-refractivity contribution in [2.75, 3.05) is 18.8 Å². The van der Waals surface area contributed by atoms with Gasteiger partial charge in [-0.25, -0.2) is 4.39 Å². The monoisotopic (exact) mass is 360 g/mol. The van der Waals surface area contributed by atoms with Crippen LogP contribution in [-0.2, 0) is 4.79 Å². The number of benzene rings is 2. The molecule has 4 nitrogen and oxygen atoms in total. The Morgan fingerprint density at radius 2 is 1.84 bits per heavy atom. The second kappa shape index (κ2) is 9.84. The number of nitrogens with one attached hydrogen (secondary N) is 2. The molecule has 0 radical (unpaired) electrons. The molecule has 2 aromatic rings. The van der Waals surface area contributed by atoms with Crippen molar-refractivity contribution in [3.8, 4) is 0 Å². The van der Waals surface area contributed by atoms with E-state index < -0.39 is 0 Å². The zero-order chi connectivity index (χ0) is 18.1. The SMILES string of the molecule is Cc1cccc(C(=O)NCC(=O)NCCCSc2ccc(F)cc2)c1. The third kappa shape index (κ3) is 6.97. The third-order valence-electron chi connectivity index (χ3n) is 3.42. The van der Waals surface area contributed by atoms with Gasteiger partial charge < -0.3 is 10.6 Å². The van der Waals surface area contributed by atoms with Gasteiger partial charge in [0.05, 0.1) is 6.54 Å². The Bertz CT molecular complexity index is 720. The van der Waals surface area contributed by atoms with Crippen LogP contribution in [0.1, 0.15) is 22.3 Å². The average molecular weight is 360 g/mol. The lowest BCUT2D eigenvalue weighted by Crippen LogP contribution is -2.37. The molecule has 2 rings (SSSR count). The van der Waals surface area contributed by atoms with Crippen LogP contribution < -0.4 is 10.6 Å². The predicted molar refractivity (Wildman–Crippen MR) is 98.3 cm³/mol. The van der Waals surface area contributed by atoms with E-state index >= 15 is 0 Å². The molecule has 0 aliphatic carbocycles. The van der Waals surface area contributed by atoms with Gasteiger partial charge in [-0.3, -0.25) is 9.59 Å². The lowest BCUT2D eigenvalue weighted by molar-refractivity contribution is -0.120. The molecule has 132 valence electrons. The summed E-state index contributed by atoms with van der Waals surface area (Å²) in [5.74, 6) is 0.101. The van der Waals surface area contributed by atoms with Crippen LogP contribution in [0, 0.1) is 12.7 Å². The molecular formula is C19H21FN2O2S. The lowest BCUT2D eigenvalue weighted by Gasteiger charge is -2.07. The summed E-state index contributed by atoms with van der Waals surface area (Å²) in [5.41, 5.74) is 1.54. The molecule has 0 bridgehead atoms. The maximum atomic E-state index is 12.8. The minimum absolute atomic E-state index is 0.0438. The second-order valence-electron chi connectivity index (χ2n) is 5.56. The normalized spacial score (nSPS) is 10.3. The highest BCUT2D eigenvalue weighted by atomic mass is 32.2. The van der Waals surface area contributed by atoms with E-state index in [1.807, 2.05) is 19.1 Å². The largest absolute Gasteiger partial charge is 0.355 e. The van der Waals surface area contributed by atoms with Crippen LogP contribution >= 0.6 is 11.8 Å². The Morgan fingerprint density at radius 3 is 2.56 bits per heavy atom. The van der Waals surface area contributed by atoms with Gasteiger partial charge in [0.2, 0.25) is 5.91 Å². The molecule has 0 aliphatic heterocycles. The number of carbonyl (C=O) groups excluding carboxylic acids is 2. The molecule has 0 heterocycles. The van der Waals surface area contributed by atoms with Crippen LogP contribution in [0.3, 0.4) is 0 Å². The average Bonchev–Trinajstić information content (AvgIpc) is 2.61. The number of hydrogen-bond donors (Lipinski definition) is 2. The zero-order valence-electron chi connectivity index (χ0n) is 14.0. The predicted octanol–water partition coefficient (Wildman–Crippen LogP) is 3.16. The number of halogens is 1. The molecular weight excluding hydrogens is 339 g/mol. The Labute approximate surface area is 151 Å². The first kappa shape index (κ1) is 19.0. The van der Waals surface area contributed by atoms with Crippen molar-refractivity contribution < 1.29 is 14.0 Å². The Hall–Kier alpha value is -2.34. The van der Waals surface area contributed by atoms with Crippen LogP contribution in [0.2, 0.25) is 0 Å². The summed E-state index contributed by atoms with van der Waals surface area (Å²) in [6, 6.07) is 13.5. The van der Waals surface area contributed by atoms with E-state index in [0.29, 0.717) is 12.1 Å². The summed E-state index contributed by atoms with van der Waals surface area (Å²) in [6.07, 6.45) is 0.791. The summed E-state index contributed by atoms with van der Waals surface area (Å²) in [6.45, 7) is 2.40. The number of aryl methyl sites for hydroxylation is 1. The summed E-state index contributed by atoms with van der Waals surface area (Å²) in [5, 5.41) is 5.38. The quantitative estimate of drug-likeness (QED) is 0.562. The number of hydrogen-bond acceptors (Lipinski definition) is 3. The number of rotatable bonds is 8. The van der Waals surface area contributed by atoms with E-state index in [4.69, 9.17) is 0 Å². The highest BCUT2D eigenvalue weighted by molar-refractivity contribution is 7.99. The van der Waals surface area contributed by atoms with Gasteiger partial charge in [-0.15, -0.1) is 11.8 Å². The van der Waals surface area contributed by atoms with E-state index in [1.165, 1.54) is 12.1 Å². The first-order chi connectivity index (χ1) is 12.0. The summed E-state index contributed by atoms with van der Waals surface area (Å²) in [7, 11) is 0. The molecule has 2 amide bonds. The van der Waals surface area contributed by atoms with Gasteiger partial charge in [0.25, 0.3) is 5.91 Å². The Morgan fingerprint density at radius 1 is 1.08 bits per heavy atom. The van der Waals surface area contributed by atoms with Gasteiger partial charge in [-0.1, -0.05) is 17.7 Å². The fraction of sp³-hybridized carbons (Fsp3) is 0.263. The van der Waals surface area contributed by atoms with Crippen molar-refractivity contribution >= 4 is 23.6 Å². The Kier molecular flexibility index (Phi) is 7.47. The fourth-order valence-electron chi connectivity index (χ4n) is 2.13. The minimum Gasteiger partial charge on any atom is -0.355 e. The molecule has 6 heteroatoms. The number of thioether (sulfide) groups is 1. The van der Waals surface area contributed by atoms with Crippen molar-refractivity contribution in [2.24, 2.45) is 0 Å². The number of carbonyl (C=O) groups is 2. The maximum absolute atomic E-state index is 12.8. The van der Waals surface area contributed by atoms with Crippen molar-refractivity contribution in [2.45, 2.75) is 18.2 Å². The van der Waals surface area contributed by atoms with Crippen LogP contribution in [0.15, 0.2) is 53.4 Å². The molecule has 2 N–H and O–H groups in total.